The van der Waals surface area contributed by atoms with Gasteiger partial charge in [0, 0.05) is 23.7 Å². The quantitative estimate of drug-likeness (QED) is 0.474. The molecule has 1 saturated heterocycles. The molecule has 0 N–H and O–H groups in total. The first-order valence-electron chi connectivity index (χ1n) is 11.8. The lowest BCUT2D eigenvalue weighted by atomic mass is 9.73. The molecule has 3 saturated carbocycles. The SMILES string of the molecule is CC(C)=C1[C@H]2C=C[C@H]1[C@]13O[C@@]21[C@H]1C[C@H]3[C@@H](S(=O)(=O)c2ccccc2)[C@H]1S(=O)(=O)c1ccccc1. The Morgan fingerprint density at radius 2 is 1.15 bits per heavy atom. The van der Waals surface area contributed by atoms with Crippen LogP contribution in [0.25, 0.3) is 0 Å². The Morgan fingerprint density at radius 1 is 0.735 bits per heavy atom. The second-order valence-electron chi connectivity index (χ2n) is 10.6. The number of rotatable bonds is 4. The van der Waals surface area contributed by atoms with Gasteiger partial charge in [0.15, 0.2) is 19.7 Å². The molecule has 2 aromatic carbocycles. The standard InChI is InChI=1S/C27H26O5S2/c1-16(2)23-19-13-14-20(23)27-22-15-21(26(19,27)32-27)24(33(28,29)17-9-5-3-6-10-17)25(22)34(30,31)18-11-7-4-8-12-18/h3-14,19-22,24-25H,15H2,1-2H3/t19-,20-,21+,22+,24-,25+,26-,27-/m1/s1. The Kier molecular flexibility index (Phi) is 3.91. The maximum absolute atomic E-state index is 14.1. The average molecular weight is 495 g/mol. The van der Waals surface area contributed by atoms with Crippen molar-refractivity contribution in [2.75, 3.05) is 0 Å². The Balaban J connectivity index is 1.46. The van der Waals surface area contributed by atoms with Crippen LogP contribution in [0.5, 0.6) is 0 Å². The highest BCUT2D eigenvalue weighted by Gasteiger charge is 2.95. The molecule has 8 atom stereocenters. The van der Waals surface area contributed by atoms with E-state index in [0.717, 1.165) is 0 Å². The van der Waals surface area contributed by atoms with Crippen LogP contribution in [0.4, 0.5) is 0 Å². The fraction of sp³-hybridized carbons (Fsp3) is 0.407. The van der Waals surface area contributed by atoms with Gasteiger partial charge in [-0.15, -0.1) is 0 Å². The van der Waals surface area contributed by atoms with Crippen molar-refractivity contribution in [2.24, 2.45) is 23.7 Å². The molecule has 5 nitrogen and oxygen atoms in total. The van der Waals surface area contributed by atoms with E-state index in [1.165, 1.54) is 11.1 Å². The molecular weight excluding hydrogens is 468 g/mol. The predicted octanol–water partition coefficient (Wildman–Crippen LogP) is 3.98. The maximum atomic E-state index is 14.1. The second-order valence-corrected chi connectivity index (χ2v) is 14.8. The van der Waals surface area contributed by atoms with E-state index in [0.29, 0.717) is 6.42 Å². The van der Waals surface area contributed by atoms with Crippen molar-refractivity contribution >= 4 is 19.7 Å². The van der Waals surface area contributed by atoms with Gasteiger partial charge in [0.25, 0.3) is 0 Å². The summed E-state index contributed by atoms with van der Waals surface area (Å²) in [5.74, 6) is -0.654. The van der Waals surface area contributed by atoms with Crippen molar-refractivity contribution in [1.29, 1.82) is 0 Å². The Morgan fingerprint density at radius 3 is 1.53 bits per heavy atom. The summed E-state index contributed by atoms with van der Waals surface area (Å²) < 4.78 is 63.1. The smallest absolute Gasteiger partial charge is 0.182 e. The van der Waals surface area contributed by atoms with Crippen molar-refractivity contribution in [3.05, 3.63) is 84.0 Å². The molecule has 1 aliphatic heterocycles. The first-order chi connectivity index (χ1) is 16.2. The summed E-state index contributed by atoms with van der Waals surface area (Å²) in [5.41, 5.74) is 1.33. The topological polar surface area (TPSA) is 80.8 Å². The lowest BCUT2D eigenvalue weighted by molar-refractivity contribution is 0.121. The molecule has 0 spiro atoms. The molecule has 34 heavy (non-hydrogen) atoms. The van der Waals surface area contributed by atoms with Crippen LogP contribution in [-0.2, 0) is 24.4 Å². The van der Waals surface area contributed by atoms with Gasteiger partial charge in [-0.3, -0.25) is 0 Å². The second kappa shape index (κ2) is 6.31. The minimum Gasteiger partial charge on any atom is -0.360 e. The summed E-state index contributed by atoms with van der Waals surface area (Å²) in [7, 11) is -7.83. The lowest BCUT2D eigenvalue weighted by Gasteiger charge is -2.36. The van der Waals surface area contributed by atoms with Crippen LogP contribution in [0.3, 0.4) is 0 Å². The predicted molar refractivity (Wildman–Crippen MR) is 127 cm³/mol. The van der Waals surface area contributed by atoms with Crippen LogP contribution in [0.1, 0.15) is 20.3 Å². The maximum Gasteiger partial charge on any atom is 0.182 e. The number of allylic oxidation sites excluding steroid dienone is 1. The van der Waals surface area contributed by atoms with E-state index in [1.54, 1.807) is 60.7 Å². The molecule has 4 aliphatic carbocycles. The highest BCUT2D eigenvalue weighted by atomic mass is 32.2. The summed E-state index contributed by atoms with van der Waals surface area (Å²) in [6.07, 6.45) is 4.91. The zero-order chi connectivity index (χ0) is 23.7. The normalized spacial score (nSPS) is 40.9. The van der Waals surface area contributed by atoms with Crippen LogP contribution in [0, 0.1) is 23.7 Å². The molecule has 1 heterocycles. The molecule has 7 rings (SSSR count). The fourth-order valence-corrected chi connectivity index (χ4v) is 13.4. The molecule has 4 fully saturated rings. The molecular formula is C27H26O5S2. The Hall–Kier alpha value is -2.22. The highest BCUT2D eigenvalue weighted by molar-refractivity contribution is 7.96. The van der Waals surface area contributed by atoms with Gasteiger partial charge < -0.3 is 4.74 Å². The van der Waals surface area contributed by atoms with Gasteiger partial charge >= 0.3 is 0 Å². The van der Waals surface area contributed by atoms with Gasteiger partial charge in [-0.05, 0) is 44.5 Å². The van der Waals surface area contributed by atoms with Crippen LogP contribution in [-0.4, -0.2) is 38.5 Å². The van der Waals surface area contributed by atoms with E-state index < -0.39 is 41.4 Å². The third-order valence-electron chi connectivity index (χ3n) is 9.16. The van der Waals surface area contributed by atoms with Crippen LogP contribution in [0.15, 0.2) is 93.8 Å². The van der Waals surface area contributed by atoms with E-state index >= 15 is 0 Å². The van der Waals surface area contributed by atoms with E-state index in [9.17, 15) is 16.8 Å². The molecule has 5 aliphatic rings. The number of epoxide rings is 1. The van der Waals surface area contributed by atoms with E-state index in [2.05, 4.69) is 26.0 Å². The molecule has 0 radical (unpaired) electrons. The van der Waals surface area contributed by atoms with Gasteiger partial charge in [0.2, 0.25) is 0 Å². The number of sulfone groups is 2. The molecule has 7 heteroatoms. The Bertz CT molecular complexity index is 1380. The van der Waals surface area contributed by atoms with Crippen LogP contribution < -0.4 is 0 Å². The van der Waals surface area contributed by atoms with Crippen molar-refractivity contribution in [1.82, 2.24) is 0 Å². The first-order valence-corrected chi connectivity index (χ1v) is 14.9. The number of hydrogen-bond donors (Lipinski definition) is 0. The molecule has 4 bridgehead atoms. The summed E-state index contributed by atoms with van der Waals surface area (Å²) in [6.45, 7) is 4.18. The van der Waals surface area contributed by atoms with Gasteiger partial charge in [0.05, 0.1) is 20.3 Å². The van der Waals surface area contributed by atoms with Crippen LogP contribution >= 0.6 is 0 Å². The number of fused-ring (bicyclic) bond motifs is 4. The molecule has 0 aromatic heterocycles. The zero-order valence-corrected chi connectivity index (χ0v) is 20.6. The zero-order valence-electron chi connectivity index (χ0n) is 19.0. The minimum atomic E-state index is -3.92. The van der Waals surface area contributed by atoms with Crippen molar-refractivity contribution < 1.29 is 21.6 Å². The minimum absolute atomic E-state index is 0.0337. The molecule has 0 unspecified atom stereocenters. The van der Waals surface area contributed by atoms with Crippen molar-refractivity contribution in [3.63, 3.8) is 0 Å². The summed E-state index contributed by atoms with van der Waals surface area (Å²) >= 11 is 0. The number of ether oxygens (including phenoxy) is 1. The molecule has 0 amide bonds. The van der Waals surface area contributed by atoms with E-state index in [4.69, 9.17) is 4.74 Å². The third kappa shape index (κ3) is 2.12. The monoisotopic (exact) mass is 494 g/mol. The largest absolute Gasteiger partial charge is 0.360 e. The third-order valence-corrected chi connectivity index (χ3v) is 13.9. The highest BCUT2D eigenvalue weighted by Crippen LogP contribution is 2.85. The summed E-state index contributed by atoms with van der Waals surface area (Å²) in [5, 5.41) is -2.07. The average Bonchev–Trinajstić information content (AvgIpc) is 3.15. The fourth-order valence-electron chi connectivity index (χ4n) is 8.21. The number of hydrogen-bond acceptors (Lipinski definition) is 5. The van der Waals surface area contributed by atoms with Gasteiger partial charge in [-0.2, -0.15) is 0 Å². The van der Waals surface area contributed by atoms with Gasteiger partial charge in [0.1, 0.15) is 11.2 Å². The summed E-state index contributed by atoms with van der Waals surface area (Å²) in [6, 6.07) is 16.6. The number of benzene rings is 2. The summed E-state index contributed by atoms with van der Waals surface area (Å²) in [4.78, 5) is 0.370. The van der Waals surface area contributed by atoms with Gasteiger partial charge in [-0.25, -0.2) is 16.8 Å². The van der Waals surface area contributed by atoms with Crippen molar-refractivity contribution in [3.8, 4) is 0 Å². The first kappa shape index (κ1) is 21.1. The van der Waals surface area contributed by atoms with E-state index in [1.807, 2.05) is 0 Å². The molecule has 2 aromatic rings. The van der Waals surface area contributed by atoms with Gasteiger partial charge in [-0.1, -0.05) is 59.7 Å². The lowest BCUT2D eigenvalue weighted by Crippen LogP contribution is -2.54. The molecule has 176 valence electrons. The van der Waals surface area contributed by atoms with Crippen LogP contribution in [0.2, 0.25) is 0 Å². The Labute approximate surface area is 200 Å². The van der Waals surface area contributed by atoms with Crippen molar-refractivity contribution in [2.45, 2.75) is 51.8 Å². The van der Waals surface area contributed by atoms with E-state index in [-0.39, 0.29) is 33.5 Å².